The maximum atomic E-state index is 13.9. The van der Waals surface area contributed by atoms with Crippen LogP contribution < -0.4 is 10.4 Å². The molecule has 0 saturated carbocycles. The van der Waals surface area contributed by atoms with Gasteiger partial charge in [-0.2, -0.15) is 5.01 Å². The van der Waals surface area contributed by atoms with Crippen molar-refractivity contribution in [2.24, 2.45) is 0 Å². The molecule has 0 bridgehead atoms. The monoisotopic (exact) mass is 738 g/mol. The molecule has 9 rings (SSSR count). The summed E-state index contributed by atoms with van der Waals surface area (Å²) in [5.41, 5.74) is 10.9. The molecule has 3 saturated heterocycles. The molecule has 5 heterocycles. The minimum absolute atomic E-state index is 0.0601. The number of carbonyl (C=O) groups is 3. The SMILES string of the molecule is COC(=O)NN(C(=O)N1CCC[C@H]1c1nc2ccc(-c3ccc(-c4ccc5nc([C@@H]6CCCN6C(=O)C6CCCO6)[nH]c5c4)cc3)cc2[nH]1)c1ccccc1. The first-order valence-electron chi connectivity index (χ1n) is 19.0. The summed E-state index contributed by atoms with van der Waals surface area (Å²) < 4.78 is 10.5. The number of likely N-dealkylation sites (tertiary alicyclic amines) is 2. The Bertz CT molecular complexity index is 2370. The van der Waals surface area contributed by atoms with Crippen molar-refractivity contribution in [1.29, 1.82) is 0 Å². The van der Waals surface area contributed by atoms with Gasteiger partial charge in [0.25, 0.3) is 5.91 Å². The Labute approximate surface area is 317 Å². The van der Waals surface area contributed by atoms with Gasteiger partial charge in [-0.15, -0.1) is 0 Å². The van der Waals surface area contributed by atoms with Gasteiger partial charge in [-0.05, 0) is 97.2 Å². The molecular formula is C42H42N8O5. The molecule has 4 amide bonds. The smallest absolute Gasteiger partial charge is 0.426 e. The van der Waals surface area contributed by atoms with Gasteiger partial charge in [0.15, 0.2) is 0 Å². The largest absolute Gasteiger partial charge is 0.452 e. The molecule has 4 aromatic carbocycles. The number of carbonyl (C=O) groups excluding carboxylic acids is 3. The topological polar surface area (TPSA) is 149 Å². The van der Waals surface area contributed by atoms with E-state index in [1.54, 1.807) is 29.2 Å². The van der Waals surface area contributed by atoms with Crippen LogP contribution in [-0.4, -0.2) is 80.7 Å². The number of hydrazine groups is 1. The zero-order valence-corrected chi connectivity index (χ0v) is 30.5. The lowest BCUT2D eigenvalue weighted by Crippen LogP contribution is -2.52. The Morgan fingerprint density at radius 3 is 1.85 bits per heavy atom. The van der Waals surface area contributed by atoms with E-state index in [1.807, 2.05) is 23.1 Å². The predicted molar refractivity (Wildman–Crippen MR) is 208 cm³/mol. The second-order valence-corrected chi connectivity index (χ2v) is 14.4. The van der Waals surface area contributed by atoms with Crippen molar-refractivity contribution in [2.45, 2.75) is 56.7 Å². The predicted octanol–water partition coefficient (Wildman–Crippen LogP) is 7.65. The third kappa shape index (κ3) is 6.65. The lowest BCUT2D eigenvalue weighted by molar-refractivity contribution is -0.142. The average Bonchev–Trinajstić information content (AvgIpc) is 4.08. The van der Waals surface area contributed by atoms with Crippen LogP contribution in [0.5, 0.6) is 0 Å². The number of ether oxygens (including phenoxy) is 2. The van der Waals surface area contributed by atoms with E-state index in [9.17, 15) is 14.4 Å². The van der Waals surface area contributed by atoms with E-state index >= 15 is 0 Å². The van der Waals surface area contributed by atoms with Gasteiger partial charge in [0, 0.05) is 19.7 Å². The van der Waals surface area contributed by atoms with E-state index in [2.05, 4.69) is 63.9 Å². The van der Waals surface area contributed by atoms with Crippen molar-refractivity contribution in [3.05, 3.63) is 103 Å². The molecule has 280 valence electrons. The van der Waals surface area contributed by atoms with Gasteiger partial charge in [-0.1, -0.05) is 54.6 Å². The van der Waals surface area contributed by atoms with Crippen LogP contribution in [0, 0.1) is 0 Å². The molecule has 3 aliphatic heterocycles. The Balaban J connectivity index is 0.916. The first-order valence-corrected chi connectivity index (χ1v) is 19.0. The number of anilines is 1. The molecule has 13 nitrogen and oxygen atoms in total. The second kappa shape index (κ2) is 14.6. The summed E-state index contributed by atoms with van der Waals surface area (Å²) in [5, 5.41) is 1.22. The van der Waals surface area contributed by atoms with E-state index in [0.29, 0.717) is 24.7 Å². The zero-order chi connectivity index (χ0) is 37.5. The quantitative estimate of drug-likeness (QED) is 0.149. The van der Waals surface area contributed by atoms with Crippen LogP contribution in [0.4, 0.5) is 15.3 Å². The number of para-hydroxylation sites is 1. The molecule has 0 spiro atoms. The fraction of sp³-hybridized carbons (Fsp3) is 0.310. The van der Waals surface area contributed by atoms with Crippen LogP contribution in [-0.2, 0) is 14.3 Å². The van der Waals surface area contributed by atoms with E-state index < -0.39 is 6.09 Å². The number of nitrogens with zero attached hydrogens (tertiary/aromatic N) is 5. The second-order valence-electron chi connectivity index (χ2n) is 14.4. The van der Waals surface area contributed by atoms with Crippen LogP contribution in [0.25, 0.3) is 44.3 Å². The Morgan fingerprint density at radius 1 is 0.727 bits per heavy atom. The fourth-order valence-corrected chi connectivity index (χ4v) is 8.21. The maximum Gasteiger partial charge on any atom is 0.426 e. The maximum absolute atomic E-state index is 13.9. The van der Waals surface area contributed by atoms with Crippen molar-refractivity contribution in [1.82, 2.24) is 35.2 Å². The van der Waals surface area contributed by atoms with Crippen molar-refractivity contribution in [3.63, 3.8) is 0 Å². The summed E-state index contributed by atoms with van der Waals surface area (Å²) >= 11 is 0. The van der Waals surface area contributed by atoms with Crippen LogP contribution >= 0.6 is 0 Å². The van der Waals surface area contributed by atoms with Crippen molar-refractivity contribution in [2.75, 3.05) is 31.8 Å². The number of methoxy groups -OCH3 is 1. The third-order valence-electron chi connectivity index (χ3n) is 11.0. The number of amides is 4. The molecule has 3 fully saturated rings. The number of benzene rings is 4. The highest BCUT2D eigenvalue weighted by Gasteiger charge is 2.38. The summed E-state index contributed by atoms with van der Waals surface area (Å²) in [6, 6.07) is 29.1. The number of imidazole rings is 2. The van der Waals surface area contributed by atoms with Crippen LogP contribution in [0.15, 0.2) is 91.0 Å². The standard InChI is InChI=1S/C42H42N8O5/c1-54-41(52)47-50(30-8-3-2-4-9-30)42(53)49-22-6-11-36(49)39-44-32-20-18-29(25-34(32)46-39)27-15-13-26(14-16-27)28-17-19-31-33(24-28)45-38(43-31)35-10-5-21-48(35)40(51)37-12-7-23-55-37/h2-4,8-9,13-20,24-25,35-37H,5-7,10-12,21-23H2,1H3,(H,43,45)(H,44,46)(H,47,52)/t35-,36-,37?/m0/s1. The van der Waals surface area contributed by atoms with Crippen LogP contribution in [0.2, 0.25) is 0 Å². The number of nitrogens with one attached hydrogen (secondary N) is 3. The van der Waals surface area contributed by atoms with Crippen LogP contribution in [0.3, 0.4) is 0 Å². The molecule has 6 aromatic rings. The number of H-pyrrole nitrogens is 2. The minimum atomic E-state index is -0.735. The summed E-state index contributed by atoms with van der Waals surface area (Å²) in [7, 11) is 1.26. The molecule has 3 atom stereocenters. The number of rotatable bonds is 6. The van der Waals surface area contributed by atoms with Crippen molar-refractivity contribution >= 4 is 45.8 Å². The van der Waals surface area contributed by atoms with Gasteiger partial charge in [0.05, 0.1) is 46.9 Å². The summed E-state index contributed by atoms with van der Waals surface area (Å²) in [6.07, 6.45) is 4.05. The number of hydrogen-bond acceptors (Lipinski definition) is 7. The normalized spacial score (nSPS) is 19.7. The van der Waals surface area contributed by atoms with Crippen molar-refractivity contribution in [3.8, 4) is 22.3 Å². The lowest BCUT2D eigenvalue weighted by Gasteiger charge is -2.30. The van der Waals surface area contributed by atoms with Crippen molar-refractivity contribution < 1.29 is 23.9 Å². The highest BCUT2D eigenvalue weighted by molar-refractivity contribution is 5.94. The number of hydrogen-bond donors (Lipinski definition) is 3. The molecule has 3 aliphatic rings. The highest BCUT2D eigenvalue weighted by Crippen LogP contribution is 2.36. The molecule has 0 aliphatic carbocycles. The molecule has 3 N–H and O–H groups in total. The number of fused-ring (bicyclic) bond motifs is 2. The Morgan fingerprint density at radius 2 is 1.29 bits per heavy atom. The number of urea groups is 1. The molecular weight excluding hydrogens is 697 g/mol. The third-order valence-corrected chi connectivity index (χ3v) is 11.0. The molecule has 13 heteroatoms. The summed E-state index contributed by atoms with van der Waals surface area (Å²) in [4.78, 5) is 59.8. The number of aromatic nitrogens is 4. The zero-order valence-electron chi connectivity index (χ0n) is 30.5. The summed E-state index contributed by atoms with van der Waals surface area (Å²) in [6.45, 7) is 1.91. The number of aromatic amines is 2. The van der Waals surface area contributed by atoms with E-state index in [1.165, 1.54) is 12.1 Å². The van der Waals surface area contributed by atoms with Gasteiger partial charge < -0.3 is 29.2 Å². The van der Waals surface area contributed by atoms with Gasteiger partial charge in [-0.3, -0.25) is 4.79 Å². The van der Waals surface area contributed by atoms with Crippen LogP contribution in [0.1, 0.15) is 62.3 Å². The Hall–Kier alpha value is -6.21. The van der Waals surface area contributed by atoms with Gasteiger partial charge >= 0.3 is 12.1 Å². The fourth-order valence-electron chi connectivity index (χ4n) is 8.21. The molecule has 2 aromatic heterocycles. The molecule has 1 unspecified atom stereocenters. The molecule has 55 heavy (non-hydrogen) atoms. The van der Waals surface area contributed by atoms with E-state index in [-0.39, 0.29) is 30.1 Å². The first kappa shape index (κ1) is 34.6. The molecule has 0 radical (unpaired) electrons. The van der Waals surface area contributed by atoms with Gasteiger partial charge in [0.2, 0.25) is 0 Å². The average molecular weight is 739 g/mol. The Kier molecular flexibility index (Phi) is 9.14. The highest BCUT2D eigenvalue weighted by atomic mass is 16.5. The minimum Gasteiger partial charge on any atom is -0.452 e. The summed E-state index contributed by atoms with van der Waals surface area (Å²) in [5.74, 6) is 1.62. The lowest BCUT2D eigenvalue weighted by atomic mass is 10.00. The van der Waals surface area contributed by atoms with Gasteiger partial charge in [0.1, 0.15) is 17.8 Å². The van der Waals surface area contributed by atoms with E-state index in [4.69, 9.17) is 19.4 Å². The first-order chi connectivity index (χ1) is 26.9. The van der Waals surface area contributed by atoms with Gasteiger partial charge in [-0.25, -0.2) is 25.0 Å². The van der Waals surface area contributed by atoms with E-state index in [0.717, 1.165) is 95.2 Å².